The fraction of sp³-hybridized carbons (Fsp3) is 0.286. The summed E-state index contributed by atoms with van der Waals surface area (Å²) in [6.45, 7) is 5.03. The van der Waals surface area contributed by atoms with Crippen molar-refractivity contribution in [1.29, 1.82) is 0 Å². The van der Waals surface area contributed by atoms with E-state index < -0.39 is 0 Å². The third-order valence-corrected chi connectivity index (χ3v) is 4.35. The molecular formula is C14H16N4S. The summed E-state index contributed by atoms with van der Waals surface area (Å²) in [4.78, 5) is 8.84. The van der Waals surface area contributed by atoms with Crippen LogP contribution in [0.4, 0.5) is 5.95 Å². The third-order valence-electron chi connectivity index (χ3n) is 3.34. The molecule has 0 aliphatic carbocycles. The topological polar surface area (TPSA) is 56.7 Å². The smallest absolute Gasteiger partial charge is 0.201 e. The molecule has 0 fully saturated rings. The second kappa shape index (κ2) is 4.66. The number of hydrogen-bond donors (Lipinski definition) is 1. The summed E-state index contributed by atoms with van der Waals surface area (Å²) in [5, 5.41) is 3.14. The molecule has 0 amide bonds. The van der Waals surface area contributed by atoms with Crippen molar-refractivity contribution >= 4 is 28.3 Å². The van der Waals surface area contributed by atoms with Crippen molar-refractivity contribution in [3.8, 4) is 0 Å². The van der Waals surface area contributed by atoms with Crippen LogP contribution in [-0.2, 0) is 6.54 Å². The highest BCUT2D eigenvalue weighted by atomic mass is 32.1. The van der Waals surface area contributed by atoms with Gasteiger partial charge in [0.1, 0.15) is 0 Å². The molecule has 1 unspecified atom stereocenters. The van der Waals surface area contributed by atoms with E-state index >= 15 is 0 Å². The Morgan fingerprint density at radius 1 is 1.42 bits per heavy atom. The Balaban J connectivity index is 2.01. The normalized spacial score (nSPS) is 12.9. The van der Waals surface area contributed by atoms with Crippen molar-refractivity contribution in [1.82, 2.24) is 14.5 Å². The second-order valence-corrected chi connectivity index (χ2v) is 5.72. The summed E-state index contributed by atoms with van der Waals surface area (Å²) in [5.41, 5.74) is 9.31. The van der Waals surface area contributed by atoms with Gasteiger partial charge in [0, 0.05) is 24.0 Å². The number of hydrogen-bond acceptors (Lipinski definition) is 4. The maximum Gasteiger partial charge on any atom is 0.201 e. The molecule has 2 heterocycles. The number of nitrogen functional groups attached to an aromatic ring is 1. The molecule has 0 spiro atoms. The first kappa shape index (κ1) is 12.2. The van der Waals surface area contributed by atoms with E-state index in [2.05, 4.69) is 40.5 Å². The molecule has 19 heavy (non-hydrogen) atoms. The van der Waals surface area contributed by atoms with Gasteiger partial charge in [-0.15, -0.1) is 11.3 Å². The first-order valence-electron chi connectivity index (χ1n) is 6.27. The second-order valence-electron chi connectivity index (χ2n) is 4.79. The summed E-state index contributed by atoms with van der Waals surface area (Å²) < 4.78 is 2.08. The Kier molecular flexibility index (Phi) is 2.98. The largest absolute Gasteiger partial charge is 0.369 e. The van der Waals surface area contributed by atoms with Gasteiger partial charge < -0.3 is 10.3 Å². The molecule has 0 radical (unpaired) electrons. The van der Waals surface area contributed by atoms with E-state index in [9.17, 15) is 0 Å². The molecule has 0 aliphatic rings. The van der Waals surface area contributed by atoms with Gasteiger partial charge in [0.25, 0.3) is 0 Å². The molecule has 3 rings (SSSR count). The summed E-state index contributed by atoms with van der Waals surface area (Å²) >= 11 is 1.68. The molecule has 0 bridgehead atoms. The van der Waals surface area contributed by atoms with Gasteiger partial charge in [0.05, 0.1) is 16.0 Å². The van der Waals surface area contributed by atoms with Crippen molar-refractivity contribution in [2.45, 2.75) is 26.3 Å². The lowest BCUT2D eigenvalue weighted by molar-refractivity contribution is 0.614. The average Bonchev–Trinajstić information content (AvgIpc) is 3.00. The number of para-hydroxylation sites is 1. The van der Waals surface area contributed by atoms with Crippen molar-refractivity contribution < 1.29 is 0 Å². The molecule has 0 saturated carbocycles. The van der Waals surface area contributed by atoms with E-state index in [1.54, 1.807) is 11.3 Å². The van der Waals surface area contributed by atoms with E-state index in [4.69, 9.17) is 5.73 Å². The lowest BCUT2D eigenvalue weighted by atomic mass is 10.2. The van der Waals surface area contributed by atoms with Gasteiger partial charge in [-0.2, -0.15) is 0 Å². The zero-order valence-electron chi connectivity index (χ0n) is 11.0. The third kappa shape index (κ3) is 2.10. The lowest BCUT2D eigenvalue weighted by Gasteiger charge is -2.11. The Morgan fingerprint density at radius 2 is 2.26 bits per heavy atom. The van der Waals surface area contributed by atoms with Gasteiger partial charge >= 0.3 is 0 Å². The number of aromatic nitrogens is 3. The quantitative estimate of drug-likeness (QED) is 0.796. The average molecular weight is 272 g/mol. The van der Waals surface area contributed by atoms with Crippen LogP contribution in [0.2, 0.25) is 0 Å². The summed E-state index contributed by atoms with van der Waals surface area (Å²) in [6, 6.07) is 6.17. The predicted octanol–water partition coefficient (Wildman–Crippen LogP) is 3.19. The molecule has 0 aliphatic heterocycles. The number of rotatable bonds is 3. The molecule has 2 N–H and O–H groups in total. The monoisotopic (exact) mass is 272 g/mol. The highest BCUT2D eigenvalue weighted by Gasteiger charge is 2.14. The van der Waals surface area contributed by atoms with Gasteiger partial charge in [0.2, 0.25) is 5.95 Å². The maximum absolute atomic E-state index is 6.06. The first-order chi connectivity index (χ1) is 9.16. The van der Waals surface area contributed by atoms with Crippen LogP contribution in [0, 0.1) is 6.92 Å². The minimum Gasteiger partial charge on any atom is -0.369 e. The number of nitrogens with zero attached hydrogens (tertiary/aromatic N) is 3. The molecule has 3 aromatic rings. The van der Waals surface area contributed by atoms with Crippen LogP contribution in [0.15, 0.2) is 29.8 Å². The van der Waals surface area contributed by atoms with E-state index in [0.717, 1.165) is 28.1 Å². The van der Waals surface area contributed by atoms with Gasteiger partial charge in [-0.1, -0.05) is 19.1 Å². The number of benzene rings is 1. The van der Waals surface area contributed by atoms with Crippen LogP contribution < -0.4 is 5.73 Å². The fourth-order valence-corrected chi connectivity index (χ4v) is 3.02. The minimum absolute atomic E-state index is 0.334. The number of imidazole rings is 1. The molecule has 1 atom stereocenters. The van der Waals surface area contributed by atoms with Gasteiger partial charge in [-0.25, -0.2) is 9.97 Å². The number of anilines is 1. The van der Waals surface area contributed by atoms with E-state index in [1.807, 2.05) is 17.6 Å². The van der Waals surface area contributed by atoms with Crippen molar-refractivity contribution in [3.05, 3.63) is 40.3 Å². The molecule has 0 saturated heterocycles. The SMILES string of the molecule is Cc1cccc2c1nc(N)n2CC(C)c1nccs1. The highest BCUT2D eigenvalue weighted by molar-refractivity contribution is 7.09. The predicted molar refractivity (Wildman–Crippen MR) is 79.4 cm³/mol. The fourth-order valence-electron chi connectivity index (χ4n) is 2.33. The first-order valence-corrected chi connectivity index (χ1v) is 7.15. The summed E-state index contributed by atoms with van der Waals surface area (Å²) in [5.74, 6) is 0.910. The minimum atomic E-state index is 0.334. The zero-order valence-corrected chi connectivity index (χ0v) is 11.8. The Morgan fingerprint density at radius 3 is 3.00 bits per heavy atom. The van der Waals surface area contributed by atoms with Crippen molar-refractivity contribution in [2.24, 2.45) is 0 Å². The van der Waals surface area contributed by atoms with Gasteiger partial charge in [0.15, 0.2) is 0 Å². The molecule has 5 heteroatoms. The maximum atomic E-state index is 6.06. The Labute approximate surface area is 115 Å². The van der Waals surface area contributed by atoms with Crippen molar-refractivity contribution in [2.75, 3.05) is 5.73 Å². The number of nitrogens with two attached hydrogens (primary N) is 1. The van der Waals surface area contributed by atoms with E-state index in [0.29, 0.717) is 11.9 Å². The molecular weight excluding hydrogens is 256 g/mol. The summed E-state index contributed by atoms with van der Waals surface area (Å²) in [7, 11) is 0. The Hall–Kier alpha value is -1.88. The number of fused-ring (bicyclic) bond motifs is 1. The number of thiazole rings is 1. The molecule has 98 valence electrons. The van der Waals surface area contributed by atoms with Crippen LogP contribution in [0.5, 0.6) is 0 Å². The number of aryl methyl sites for hydroxylation is 1. The van der Waals surface area contributed by atoms with Crippen LogP contribution in [0.3, 0.4) is 0 Å². The summed E-state index contributed by atoms with van der Waals surface area (Å²) in [6.07, 6.45) is 1.84. The molecule has 1 aromatic carbocycles. The van der Waals surface area contributed by atoms with Gasteiger partial charge in [-0.3, -0.25) is 0 Å². The van der Waals surface area contributed by atoms with Crippen LogP contribution in [0.1, 0.15) is 23.4 Å². The van der Waals surface area contributed by atoms with Crippen molar-refractivity contribution in [3.63, 3.8) is 0 Å². The molecule has 4 nitrogen and oxygen atoms in total. The Bertz CT molecular complexity index is 700. The zero-order chi connectivity index (χ0) is 13.4. The van der Waals surface area contributed by atoms with E-state index in [-0.39, 0.29) is 0 Å². The standard InChI is InChI=1S/C14H16N4S/c1-9-4-3-5-11-12(9)17-14(15)18(11)8-10(2)13-16-6-7-19-13/h3-7,10H,8H2,1-2H3,(H2,15,17). The van der Waals surface area contributed by atoms with Gasteiger partial charge in [-0.05, 0) is 18.6 Å². The lowest BCUT2D eigenvalue weighted by Crippen LogP contribution is -2.09. The highest BCUT2D eigenvalue weighted by Crippen LogP contribution is 2.26. The van der Waals surface area contributed by atoms with Crippen LogP contribution in [-0.4, -0.2) is 14.5 Å². The van der Waals surface area contributed by atoms with Crippen LogP contribution in [0.25, 0.3) is 11.0 Å². The van der Waals surface area contributed by atoms with E-state index in [1.165, 1.54) is 0 Å². The van der Waals surface area contributed by atoms with Crippen LogP contribution >= 0.6 is 11.3 Å². The molecule has 2 aromatic heterocycles.